The van der Waals surface area contributed by atoms with Gasteiger partial charge in [0.1, 0.15) is 0 Å². The highest BCUT2D eigenvalue weighted by molar-refractivity contribution is 6.16. The fourth-order valence-electron chi connectivity index (χ4n) is 0.253. The molecule has 0 saturated carbocycles. The quantitative estimate of drug-likeness (QED) is 0.369. The van der Waals surface area contributed by atoms with Gasteiger partial charge >= 0.3 is 0 Å². The summed E-state index contributed by atoms with van der Waals surface area (Å²) in [5.74, 6) is 5.05. The average molecular weight is 99.1 g/mol. The van der Waals surface area contributed by atoms with E-state index in [1.54, 1.807) is 0 Å². The summed E-state index contributed by atoms with van der Waals surface area (Å²) in [6.07, 6.45) is 2.99. The van der Waals surface area contributed by atoms with Gasteiger partial charge in [-0.2, -0.15) is 10.6 Å². The first-order valence-corrected chi connectivity index (χ1v) is 1.76. The Morgan fingerprint density at radius 3 is 2.71 bits per heavy atom. The van der Waals surface area contributed by atoms with Crippen molar-refractivity contribution >= 4 is 12.4 Å². The molecule has 0 amide bonds. The Bertz CT molecular complexity index is 105. The van der Waals surface area contributed by atoms with E-state index in [0.717, 1.165) is 5.23 Å². The minimum Gasteiger partial charge on any atom is -0.209 e. The summed E-state index contributed by atoms with van der Waals surface area (Å²) in [6, 6.07) is 0. The second-order valence-corrected chi connectivity index (χ2v) is 0.987. The SMILES string of the molecule is NN1N=CC=NN1. The molecule has 0 saturated heterocycles. The molecule has 5 heteroatoms. The maximum Gasteiger partial charge on any atom is 0.0708 e. The van der Waals surface area contributed by atoms with E-state index in [0.29, 0.717) is 0 Å². The van der Waals surface area contributed by atoms with Gasteiger partial charge in [-0.3, -0.25) is 0 Å². The first-order valence-electron chi connectivity index (χ1n) is 1.76. The first kappa shape index (κ1) is 4.07. The van der Waals surface area contributed by atoms with E-state index in [-0.39, 0.29) is 0 Å². The van der Waals surface area contributed by atoms with Crippen LogP contribution in [-0.4, -0.2) is 17.7 Å². The Morgan fingerprint density at radius 2 is 2.43 bits per heavy atom. The number of hydrazone groups is 2. The maximum absolute atomic E-state index is 5.05. The molecule has 0 aliphatic carbocycles. The molecule has 5 nitrogen and oxygen atoms in total. The van der Waals surface area contributed by atoms with Crippen LogP contribution in [0.25, 0.3) is 0 Å². The number of hydrazine groups is 2. The zero-order valence-corrected chi connectivity index (χ0v) is 3.57. The number of nitrogens with zero attached hydrogens (tertiary/aromatic N) is 3. The van der Waals surface area contributed by atoms with Gasteiger partial charge in [-0.1, -0.05) is 0 Å². The van der Waals surface area contributed by atoms with Crippen LogP contribution in [0.15, 0.2) is 10.2 Å². The van der Waals surface area contributed by atoms with Gasteiger partial charge in [0, 0.05) is 0 Å². The van der Waals surface area contributed by atoms with E-state index in [1.165, 1.54) is 12.4 Å². The van der Waals surface area contributed by atoms with Crippen molar-refractivity contribution in [3.63, 3.8) is 0 Å². The van der Waals surface area contributed by atoms with Gasteiger partial charge in [0.05, 0.1) is 12.4 Å². The van der Waals surface area contributed by atoms with Gasteiger partial charge in [-0.25, -0.2) is 5.84 Å². The number of hydrogen-bond acceptors (Lipinski definition) is 5. The van der Waals surface area contributed by atoms with Crippen LogP contribution in [0.4, 0.5) is 0 Å². The summed E-state index contributed by atoms with van der Waals surface area (Å²) in [6.45, 7) is 0. The van der Waals surface area contributed by atoms with Crippen molar-refractivity contribution in [1.82, 2.24) is 10.8 Å². The van der Waals surface area contributed by atoms with Crippen LogP contribution in [0, 0.1) is 0 Å². The van der Waals surface area contributed by atoms with Crippen LogP contribution in [-0.2, 0) is 0 Å². The van der Waals surface area contributed by atoms with Gasteiger partial charge in [-0.05, 0) is 0 Å². The van der Waals surface area contributed by atoms with Crippen LogP contribution < -0.4 is 11.4 Å². The zero-order valence-electron chi connectivity index (χ0n) is 3.57. The van der Waals surface area contributed by atoms with E-state index < -0.39 is 0 Å². The van der Waals surface area contributed by atoms with Gasteiger partial charge in [0.15, 0.2) is 0 Å². The summed E-state index contributed by atoms with van der Waals surface area (Å²) >= 11 is 0. The Kier molecular flexibility index (Phi) is 0.910. The minimum atomic E-state index is 1.01. The Hall–Kier alpha value is -1.10. The van der Waals surface area contributed by atoms with Gasteiger partial charge in [0.25, 0.3) is 0 Å². The van der Waals surface area contributed by atoms with Crippen molar-refractivity contribution in [3.05, 3.63) is 0 Å². The fourth-order valence-corrected chi connectivity index (χ4v) is 0.253. The summed E-state index contributed by atoms with van der Waals surface area (Å²) in [5, 5.41) is 8.10. The molecule has 0 radical (unpaired) electrons. The Labute approximate surface area is 40.4 Å². The molecule has 0 aromatic carbocycles. The van der Waals surface area contributed by atoms with Gasteiger partial charge < -0.3 is 0 Å². The van der Waals surface area contributed by atoms with Crippen LogP contribution >= 0.6 is 0 Å². The van der Waals surface area contributed by atoms with Crippen LogP contribution in [0.3, 0.4) is 0 Å². The number of rotatable bonds is 0. The number of nitrogens with two attached hydrogens (primary N) is 1. The molecule has 0 aromatic heterocycles. The monoisotopic (exact) mass is 99.1 g/mol. The molecule has 0 spiro atoms. The fraction of sp³-hybridized carbons (Fsp3) is 0. The Morgan fingerprint density at radius 1 is 1.57 bits per heavy atom. The van der Waals surface area contributed by atoms with Crippen molar-refractivity contribution in [2.45, 2.75) is 0 Å². The third-order valence-corrected chi connectivity index (χ3v) is 0.492. The second-order valence-electron chi connectivity index (χ2n) is 0.987. The van der Waals surface area contributed by atoms with E-state index in [2.05, 4.69) is 15.7 Å². The zero-order chi connectivity index (χ0) is 5.11. The lowest BCUT2D eigenvalue weighted by Gasteiger charge is -2.10. The highest BCUT2D eigenvalue weighted by atomic mass is 15.9. The van der Waals surface area contributed by atoms with Crippen molar-refractivity contribution in [2.24, 2.45) is 16.0 Å². The van der Waals surface area contributed by atoms with Gasteiger partial charge in [-0.15, -0.1) is 10.3 Å². The largest absolute Gasteiger partial charge is 0.209 e. The van der Waals surface area contributed by atoms with Crippen LogP contribution in [0.5, 0.6) is 0 Å². The molecule has 0 atom stereocenters. The molecule has 0 aromatic rings. The lowest BCUT2D eigenvalue weighted by molar-refractivity contribution is 0.205. The lowest BCUT2D eigenvalue weighted by Crippen LogP contribution is -2.37. The van der Waals surface area contributed by atoms with Crippen LogP contribution in [0.1, 0.15) is 0 Å². The predicted molar refractivity (Wildman–Crippen MR) is 26.1 cm³/mol. The highest BCUT2D eigenvalue weighted by Gasteiger charge is 1.86. The highest BCUT2D eigenvalue weighted by Crippen LogP contribution is 1.71. The van der Waals surface area contributed by atoms with E-state index in [9.17, 15) is 0 Å². The number of nitrogens with one attached hydrogen (secondary N) is 1. The van der Waals surface area contributed by atoms with Crippen LogP contribution in [0.2, 0.25) is 0 Å². The van der Waals surface area contributed by atoms with Crippen molar-refractivity contribution in [1.29, 1.82) is 0 Å². The average Bonchev–Trinajstić information content (AvgIpc) is 1.69. The molecule has 0 fully saturated rings. The molecular weight excluding hydrogens is 94.1 g/mol. The van der Waals surface area contributed by atoms with E-state index in [4.69, 9.17) is 5.84 Å². The molecule has 38 valence electrons. The van der Waals surface area contributed by atoms with Crippen molar-refractivity contribution in [2.75, 3.05) is 0 Å². The molecule has 1 heterocycles. The maximum atomic E-state index is 5.05. The molecule has 0 unspecified atom stereocenters. The van der Waals surface area contributed by atoms with Crippen molar-refractivity contribution < 1.29 is 0 Å². The smallest absolute Gasteiger partial charge is 0.0708 e. The molecular formula is C2H5N5. The van der Waals surface area contributed by atoms with E-state index >= 15 is 0 Å². The Balaban J connectivity index is 2.49. The molecule has 1 aliphatic rings. The summed E-state index contributed by atoms with van der Waals surface area (Å²) < 4.78 is 0. The minimum absolute atomic E-state index is 1.01. The predicted octanol–water partition coefficient (Wildman–Crippen LogP) is -1.35. The topological polar surface area (TPSA) is 66.0 Å². The molecule has 3 N–H and O–H groups in total. The van der Waals surface area contributed by atoms with Crippen molar-refractivity contribution in [3.8, 4) is 0 Å². The first-order chi connectivity index (χ1) is 3.39. The second kappa shape index (κ2) is 1.57. The molecule has 0 bridgehead atoms. The standard InChI is InChI=1S/C2H5N5/c3-7-5-2-1-4-6-7/h1-2,6H,3H2. The number of hydrogen-bond donors (Lipinski definition) is 2. The summed E-state index contributed by atoms with van der Waals surface area (Å²) in [5.41, 5.74) is 2.36. The van der Waals surface area contributed by atoms with E-state index in [1.807, 2.05) is 0 Å². The summed E-state index contributed by atoms with van der Waals surface area (Å²) in [4.78, 5) is 0. The summed E-state index contributed by atoms with van der Waals surface area (Å²) in [7, 11) is 0. The van der Waals surface area contributed by atoms with Gasteiger partial charge in [0.2, 0.25) is 0 Å². The third-order valence-electron chi connectivity index (χ3n) is 0.492. The molecule has 1 rings (SSSR count). The lowest BCUT2D eigenvalue weighted by atomic mass is 10.8. The third kappa shape index (κ3) is 0.866. The normalized spacial score (nSPS) is 17.0. The molecule has 7 heavy (non-hydrogen) atoms. The molecule has 1 aliphatic heterocycles.